The van der Waals surface area contributed by atoms with Crippen molar-refractivity contribution in [1.82, 2.24) is 0 Å². The first kappa shape index (κ1) is 21.1. The molecular formula is C12H22O12. The number of aliphatic hydroxyl groups is 8. The van der Waals surface area contributed by atoms with E-state index >= 15 is 0 Å². The summed E-state index contributed by atoms with van der Waals surface area (Å²) in [5, 5.41) is 84.5. The highest BCUT2D eigenvalue weighted by molar-refractivity contribution is 5.72. The quantitative estimate of drug-likeness (QED) is 0.198. The molecule has 142 valence electrons. The number of carboxylic acid groups (broad SMARTS) is 1. The molecule has 0 amide bonds. The Morgan fingerprint density at radius 3 is 2.08 bits per heavy atom. The molecule has 1 aliphatic heterocycles. The molecule has 0 bridgehead atoms. The summed E-state index contributed by atoms with van der Waals surface area (Å²) in [6.07, 6.45) is -16.9. The molecule has 0 saturated carbocycles. The minimum absolute atomic E-state index is 0.766. The molecule has 1 rings (SSSR count). The normalized spacial score (nSPS) is 35.9. The van der Waals surface area contributed by atoms with Gasteiger partial charge in [0.2, 0.25) is 0 Å². The molecule has 1 saturated heterocycles. The second-order valence-electron chi connectivity index (χ2n) is 5.32. The fraction of sp³-hybridized carbons (Fsp3) is 0.917. The van der Waals surface area contributed by atoms with Crippen molar-refractivity contribution in [3.05, 3.63) is 0 Å². The van der Waals surface area contributed by atoms with Gasteiger partial charge >= 0.3 is 5.97 Å². The van der Waals surface area contributed by atoms with Gasteiger partial charge in [-0.3, -0.25) is 0 Å². The maximum atomic E-state index is 10.7. The maximum Gasteiger partial charge on any atom is 0.335 e. The van der Waals surface area contributed by atoms with Crippen molar-refractivity contribution in [1.29, 1.82) is 0 Å². The summed E-state index contributed by atoms with van der Waals surface area (Å²) in [6.45, 7) is -1.76. The number of ether oxygens (including phenoxy) is 2. The van der Waals surface area contributed by atoms with Gasteiger partial charge in [-0.15, -0.1) is 0 Å². The lowest BCUT2D eigenvalue weighted by atomic mass is 9.98. The van der Waals surface area contributed by atoms with Crippen LogP contribution < -0.4 is 0 Å². The molecule has 12 nitrogen and oxygen atoms in total. The molecule has 12 heteroatoms. The maximum absolute atomic E-state index is 10.7. The highest BCUT2D eigenvalue weighted by Gasteiger charge is 2.47. The predicted octanol–water partition coefficient (Wildman–Crippen LogP) is -5.67. The predicted molar refractivity (Wildman–Crippen MR) is 71.4 cm³/mol. The average Bonchev–Trinajstić information content (AvgIpc) is 2.57. The van der Waals surface area contributed by atoms with Gasteiger partial charge in [-0.05, 0) is 0 Å². The van der Waals surface area contributed by atoms with Crippen LogP contribution in [-0.2, 0) is 14.3 Å². The van der Waals surface area contributed by atoms with Crippen LogP contribution in [0.25, 0.3) is 0 Å². The largest absolute Gasteiger partial charge is 0.479 e. The standard InChI is InChI=1S/C12H22O12/c13-1-3(15)10(7(18)8(19)11(21)22)24-12-9(20)6(17)5(16)4(2-14)23-12/h3-10,12-20H,1-2H2,(H,21,22)/t3-,4-,5-,6+,7-,8-,9-,10-,12+/m0/s1. The molecule has 0 aromatic carbocycles. The van der Waals surface area contributed by atoms with Crippen LogP contribution in [0.15, 0.2) is 0 Å². The van der Waals surface area contributed by atoms with Crippen molar-refractivity contribution in [2.45, 2.75) is 55.1 Å². The molecule has 0 radical (unpaired) electrons. The van der Waals surface area contributed by atoms with E-state index in [1.807, 2.05) is 0 Å². The molecule has 24 heavy (non-hydrogen) atoms. The number of carboxylic acids is 1. The minimum Gasteiger partial charge on any atom is -0.479 e. The molecule has 1 aliphatic rings. The summed E-state index contributed by atoms with van der Waals surface area (Å²) in [4.78, 5) is 10.7. The first-order valence-corrected chi connectivity index (χ1v) is 6.99. The van der Waals surface area contributed by atoms with Crippen LogP contribution in [-0.4, -0.2) is 120 Å². The minimum atomic E-state index is -2.39. The fourth-order valence-corrected chi connectivity index (χ4v) is 2.16. The molecule has 0 aromatic heterocycles. The van der Waals surface area contributed by atoms with Gasteiger partial charge in [0.1, 0.15) is 42.7 Å². The van der Waals surface area contributed by atoms with Crippen molar-refractivity contribution in [3.63, 3.8) is 0 Å². The molecule has 0 aromatic rings. The monoisotopic (exact) mass is 358 g/mol. The summed E-state index contributed by atoms with van der Waals surface area (Å²) < 4.78 is 9.98. The zero-order valence-electron chi connectivity index (χ0n) is 12.4. The third-order valence-electron chi connectivity index (χ3n) is 3.62. The Bertz CT molecular complexity index is 403. The Hall–Kier alpha value is -0.930. The molecule has 9 atom stereocenters. The van der Waals surface area contributed by atoms with Gasteiger partial charge in [0.05, 0.1) is 13.2 Å². The zero-order valence-corrected chi connectivity index (χ0v) is 12.4. The van der Waals surface area contributed by atoms with E-state index in [0.717, 1.165) is 0 Å². The molecule has 9 N–H and O–H groups in total. The van der Waals surface area contributed by atoms with E-state index in [2.05, 4.69) is 0 Å². The molecular weight excluding hydrogens is 336 g/mol. The van der Waals surface area contributed by atoms with Crippen molar-refractivity contribution in [2.24, 2.45) is 0 Å². The van der Waals surface area contributed by atoms with Gasteiger partial charge in [0.25, 0.3) is 0 Å². The Morgan fingerprint density at radius 2 is 1.62 bits per heavy atom. The number of carbonyl (C=O) groups is 1. The lowest BCUT2D eigenvalue weighted by Gasteiger charge is -2.42. The summed E-state index contributed by atoms with van der Waals surface area (Å²) in [5.74, 6) is -1.84. The Morgan fingerprint density at radius 1 is 1.04 bits per heavy atom. The van der Waals surface area contributed by atoms with Crippen LogP contribution in [0.1, 0.15) is 0 Å². The van der Waals surface area contributed by atoms with Crippen molar-refractivity contribution in [3.8, 4) is 0 Å². The number of hydrogen-bond acceptors (Lipinski definition) is 11. The molecule has 0 spiro atoms. The van der Waals surface area contributed by atoms with Crippen molar-refractivity contribution < 1.29 is 60.2 Å². The second-order valence-corrected chi connectivity index (χ2v) is 5.32. The molecule has 0 unspecified atom stereocenters. The number of aliphatic hydroxyl groups excluding tert-OH is 8. The van der Waals surface area contributed by atoms with E-state index < -0.39 is 74.3 Å². The van der Waals surface area contributed by atoms with E-state index in [4.69, 9.17) is 24.8 Å². The smallest absolute Gasteiger partial charge is 0.335 e. The molecule has 1 fully saturated rings. The Labute approximate surface area is 135 Å². The van der Waals surface area contributed by atoms with Crippen molar-refractivity contribution >= 4 is 5.97 Å². The highest BCUT2D eigenvalue weighted by Crippen LogP contribution is 2.24. The first-order chi connectivity index (χ1) is 11.1. The molecule has 1 heterocycles. The van der Waals surface area contributed by atoms with Crippen molar-refractivity contribution in [2.75, 3.05) is 13.2 Å². The Balaban J connectivity index is 2.94. The zero-order chi connectivity index (χ0) is 18.6. The van der Waals surface area contributed by atoms with Gasteiger partial charge in [-0.25, -0.2) is 4.79 Å². The van der Waals surface area contributed by atoms with E-state index in [1.165, 1.54) is 0 Å². The summed E-state index contributed by atoms with van der Waals surface area (Å²) in [5.41, 5.74) is 0. The summed E-state index contributed by atoms with van der Waals surface area (Å²) in [7, 11) is 0. The van der Waals surface area contributed by atoms with Crippen LogP contribution in [0, 0.1) is 0 Å². The van der Waals surface area contributed by atoms with Gasteiger partial charge in [0.15, 0.2) is 12.4 Å². The van der Waals surface area contributed by atoms with Gasteiger partial charge in [0, 0.05) is 0 Å². The van der Waals surface area contributed by atoms with E-state index in [9.17, 15) is 35.4 Å². The number of aliphatic carboxylic acids is 1. The van der Waals surface area contributed by atoms with Crippen LogP contribution in [0.3, 0.4) is 0 Å². The number of hydrogen-bond donors (Lipinski definition) is 9. The van der Waals surface area contributed by atoms with Gasteiger partial charge in [-0.1, -0.05) is 0 Å². The van der Waals surface area contributed by atoms with Crippen LogP contribution in [0.5, 0.6) is 0 Å². The first-order valence-electron chi connectivity index (χ1n) is 6.99. The second kappa shape index (κ2) is 8.96. The summed E-state index contributed by atoms with van der Waals surface area (Å²) in [6, 6.07) is 0. The van der Waals surface area contributed by atoms with Crippen LogP contribution in [0.2, 0.25) is 0 Å². The van der Waals surface area contributed by atoms with Crippen LogP contribution in [0.4, 0.5) is 0 Å². The SMILES string of the molecule is O=C(O)[C@@H](O)[C@H](O)[C@@H](O[C@H]1O[C@@H](CO)[C@H](O)[C@@H](O)[C@@H]1O)[C@@H](O)CO. The Kier molecular flexibility index (Phi) is 7.88. The van der Waals surface area contributed by atoms with Gasteiger partial charge < -0.3 is 55.4 Å². The van der Waals surface area contributed by atoms with Crippen LogP contribution >= 0.6 is 0 Å². The average molecular weight is 358 g/mol. The lowest BCUT2D eigenvalue weighted by molar-refractivity contribution is -0.326. The lowest BCUT2D eigenvalue weighted by Crippen LogP contribution is -2.61. The topological polar surface area (TPSA) is 218 Å². The van der Waals surface area contributed by atoms with E-state index in [1.54, 1.807) is 0 Å². The third-order valence-corrected chi connectivity index (χ3v) is 3.62. The fourth-order valence-electron chi connectivity index (χ4n) is 2.16. The number of rotatable bonds is 8. The molecule has 0 aliphatic carbocycles. The third kappa shape index (κ3) is 4.58. The van der Waals surface area contributed by atoms with E-state index in [0.29, 0.717) is 0 Å². The highest BCUT2D eigenvalue weighted by atomic mass is 16.7. The van der Waals surface area contributed by atoms with E-state index in [-0.39, 0.29) is 0 Å². The van der Waals surface area contributed by atoms with Gasteiger partial charge in [-0.2, -0.15) is 0 Å². The summed E-state index contributed by atoms with van der Waals surface area (Å²) >= 11 is 0.